The molecule has 168 valence electrons. The zero-order valence-corrected chi connectivity index (χ0v) is 18.3. The molecule has 0 atom stereocenters. The Bertz CT molecular complexity index is 997. The minimum atomic E-state index is -0.273. The molecule has 2 aromatic carbocycles. The SMILES string of the molecule is Cl.O=C(Nc1cccnc1)N1CCC(Oc2ccc(OCc3cccc(F)c3)cc2)CC1. The number of amides is 2. The highest BCUT2D eigenvalue weighted by Gasteiger charge is 2.24. The highest BCUT2D eigenvalue weighted by molar-refractivity contribution is 5.89. The van der Waals surface area contributed by atoms with Gasteiger partial charge in [0, 0.05) is 32.1 Å². The molecule has 2 amide bonds. The Balaban J connectivity index is 0.00000289. The predicted octanol–water partition coefficient (Wildman–Crippen LogP) is 5.30. The number of halogens is 2. The largest absolute Gasteiger partial charge is 0.490 e. The number of benzene rings is 2. The van der Waals surface area contributed by atoms with Crippen LogP contribution in [0.1, 0.15) is 18.4 Å². The molecule has 0 unspecified atom stereocenters. The van der Waals surface area contributed by atoms with Gasteiger partial charge in [-0.15, -0.1) is 12.4 Å². The van der Waals surface area contributed by atoms with E-state index in [-0.39, 0.29) is 30.4 Å². The Morgan fingerprint density at radius 3 is 2.50 bits per heavy atom. The van der Waals surface area contributed by atoms with Crippen molar-refractivity contribution < 1.29 is 18.7 Å². The first-order valence-corrected chi connectivity index (χ1v) is 10.3. The molecule has 6 nitrogen and oxygen atoms in total. The van der Waals surface area contributed by atoms with E-state index in [1.807, 2.05) is 36.4 Å². The fourth-order valence-electron chi connectivity index (χ4n) is 3.42. The molecule has 0 aliphatic carbocycles. The molecule has 1 N–H and O–H groups in total. The minimum absolute atomic E-state index is 0. The molecule has 1 aliphatic rings. The van der Waals surface area contributed by atoms with Gasteiger partial charge in [0.2, 0.25) is 0 Å². The van der Waals surface area contributed by atoms with E-state index in [1.165, 1.54) is 12.1 Å². The Labute approximate surface area is 192 Å². The van der Waals surface area contributed by atoms with Crippen molar-refractivity contribution in [3.05, 3.63) is 84.4 Å². The van der Waals surface area contributed by atoms with Gasteiger partial charge in [-0.3, -0.25) is 4.98 Å². The Morgan fingerprint density at radius 1 is 1.06 bits per heavy atom. The number of hydrogen-bond acceptors (Lipinski definition) is 4. The first-order chi connectivity index (χ1) is 15.2. The maximum atomic E-state index is 13.2. The summed E-state index contributed by atoms with van der Waals surface area (Å²) >= 11 is 0. The fourth-order valence-corrected chi connectivity index (χ4v) is 3.42. The average molecular weight is 458 g/mol. The third kappa shape index (κ3) is 6.59. The molecular formula is C24H25ClFN3O3. The van der Waals surface area contributed by atoms with Crippen molar-refractivity contribution in [3.63, 3.8) is 0 Å². The molecule has 4 rings (SSSR count). The van der Waals surface area contributed by atoms with E-state index >= 15 is 0 Å². The summed E-state index contributed by atoms with van der Waals surface area (Å²) in [5.74, 6) is 1.18. The van der Waals surface area contributed by atoms with Gasteiger partial charge in [0.1, 0.15) is 30.0 Å². The summed E-state index contributed by atoms with van der Waals surface area (Å²) in [7, 11) is 0. The topological polar surface area (TPSA) is 63.7 Å². The van der Waals surface area contributed by atoms with Gasteiger partial charge < -0.3 is 19.7 Å². The summed E-state index contributed by atoms with van der Waals surface area (Å²) in [6.45, 7) is 1.56. The smallest absolute Gasteiger partial charge is 0.321 e. The lowest BCUT2D eigenvalue weighted by Gasteiger charge is -2.32. The van der Waals surface area contributed by atoms with Crippen LogP contribution in [0.3, 0.4) is 0 Å². The number of urea groups is 1. The fraction of sp³-hybridized carbons (Fsp3) is 0.250. The van der Waals surface area contributed by atoms with Crippen molar-refractivity contribution in [2.24, 2.45) is 0 Å². The van der Waals surface area contributed by atoms with Gasteiger partial charge in [0.25, 0.3) is 0 Å². The van der Waals surface area contributed by atoms with E-state index in [0.29, 0.717) is 31.1 Å². The normalized spacial score (nSPS) is 13.7. The van der Waals surface area contributed by atoms with Crippen LogP contribution in [-0.2, 0) is 6.61 Å². The number of carbonyl (C=O) groups excluding carboxylic acids is 1. The Kier molecular flexibility index (Phi) is 8.27. The minimum Gasteiger partial charge on any atom is -0.490 e. The van der Waals surface area contributed by atoms with E-state index in [4.69, 9.17) is 9.47 Å². The van der Waals surface area contributed by atoms with Crippen molar-refractivity contribution >= 4 is 24.1 Å². The molecule has 32 heavy (non-hydrogen) atoms. The van der Waals surface area contributed by atoms with Gasteiger partial charge in [-0.1, -0.05) is 12.1 Å². The van der Waals surface area contributed by atoms with Crippen LogP contribution in [0.15, 0.2) is 73.1 Å². The van der Waals surface area contributed by atoms with Crippen molar-refractivity contribution in [1.82, 2.24) is 9.88 Å². The molecule has 3 aromatic rings. The van der Waals surface area contributed by atoms with Gasteiger partial charge in [0.15, 0.2) is 0 Å². The summed E-state index contributed by atoms with van der Waals surface area (Å²) in [5.41, 5.74) is 1.46. The van der Waals surface area contributed by atoms with Gasteiger partial charge >= 0.3 is 6.03 Å². The quantitative estimate of drug-likeness (QED) is 0.545. The number of carbonyl (C=O) groups is 1. The second kappa shape index (κ2) is 11.3. The number of pyridine rings is 1. The molecular weight excluding hydrogens is 433 g/mol. The zero-order chi connectivity index (χ0) is 21.5. The molecule has 1 saturated heterocycles. The van der Waals surface area contributed by atoms with Crippen molar-refractivity contribution in [2.75, 3.05) is 18.4 Å². The standard InChI is InChI=1S/C24H24FN3O3.ClH/c25-19-4-1-3-18(15-19)17-30-21-6-8-22(9-7-21)31-23-10-13-28(14-11-23)24(29)27-20-5-2-12-26-16-20;/h1-9,12,15-16,23H,10-11,13-14,17H2,(H,27,29);1H. The lowest BCUT2D eigenvalue weighted by Crippen LogP contribution is -2.43. The maximum absolute atomic E-state index is 13.2. The number of nitrogens with zero attached hydrogens (tertiary/aromatic N) is 2. The van der Waals surface area contributed by atoms with Crippen LogP contribution < -0.4 is 14.8 Å². The van der Waals surface area contributed by atoms with Crippen LogP contribution in [0, 0.1) is 5.82 Å². The van der Waals surface area contributed by atoms with E-state index in [2.05, 4.69) is 10.3 Å². The molecule has 1 aliphatic heterocycles. The van der Waals surface area contributed by atoms with E-state index < -0.39 is 0 Å². The molecule has 1 fully saturated rings. The van der Waals surface area contributed by atoms with Crippen molar-refractivity contribution in [2.45, 2.75) is 25.6 Å². The molecule has 1 aromatic heterocycles. The van der Waals surface area contributed by atoms with E-state index in [9.17, 15) is 9.18 Å². The maximum Gasteiger partial charge on any atom is 0.321 e. The first kappa shape index (κ1) is 23.3. The average Bonchev–Trinajstić information content (AvgIpc) is 2.80. The number of rotatable bonds is 6. The van der Waals surface area contributed by atoms with Crippen LogP contribution in [-0.4, -0.2) is 35.1 Å². The number of anilines is 1. The van der Waals surface area contributed by atoms with Crippen LogP contribution in [0.5, 0.6) is 11.5 Å². The predicted molar refractivity (Wildman–Crippen MR) is 123 cm³/mol. The van der Waals surface area contributed by atoms with Crippen LogP contribution >= 0.6 is 12.4 Å². The zero-order valence-electron chi connectivity index (χ0n) is 17.4. The van der Waals surface area contributed by atoms with Crippen LogP contribution in [0.25, 0.3) is 0 Å². The molecule has 8 heteroatoms. The molecule has 0 radical (unpaired) electrons. The van der Waals surface area contributed by atoms with Crippen molar-refractivity contribution in [3.8, 4) is 11.5 Å². The van der Waals surface area contributed by atoms with Gasteiger partial charge in [-0.2, -0.15) is 0 Å². The third-order valence-corrected chi connectivity index (χ3v) is 5.06. The number of piperidine rings is 1. The number of nitrogens with one attached hydrogen (secondary N) is 1. The Hall–Kier alpha value is -3.32. The molecule has 0 saturated carbocycles. The van der Waals surface area contributed by atoms with E-state index in [1.54, 1.807) is 29.4 Å². The second-order valence-electron chi connectivity index (χ2n) is 7.37. The number of likely N-dealkylation sites (tertiary alicyclic amines) is 1. The van der Waals surface area contributed by atoms with Gasteiger partial charge in [-0.25, -0.2) is 9.18 Å². The highest BCUT2D eigenvalue weighted by Crippen LogP contribution is 2.23. The second-order valence-corrected chi connectivity index (χ2v) is 7.37. The monoisotopic (exact) mass is 457 g/mol. The summed E-state index contributed by atoms with van der Waals surface area (Å²) < 4.78 is 25.0. The third-order valence-electron chi connectivity index (χ3n) is 5.06. The Morgan fingerprint density at radius 2 is 1.81 bits per heavy atom. The lowest BCUT2D eigenvalue weighted by molar-refractivity contribution is 0.115. The molecule has 2 heterocycles. The molecule has 0 bridgehead atoms. The summed E-state index contributed by atoms with van der Waals surface area (Å²) in [6, 6.07) is 17.2. The lowest BCUT2D eigenvalue weighted by atomic mass is 10.1. The summed E-state index contributed by atoms with van der Waals surface area (Å²) in [5, 5.41) is 2.86. The highest BCUT2D eigenvalue weighted by atomic mass is 35.5. The van der Waals surface area contributed by atoms with Crippen LogP contribution in [0.4, 0.5) is 14.9 Å². The van der Waals surface area contributed by atoms with Crippen molar-refractivity contribution in [1.29, 1.82) is 0 Å². The number of hydrogen-bond donors (Lipinski definition) is 1. The number of ether oxygens (including phenoxy) is 2. The van der Waals surface area contributed by atoms with Gasteiger partial charge in [-0.05, 0) is 54.1 Å². The summed E-state index contributed by atoms with van der Waals surface area (Å²) in [6.07, 6.45) is 4.87. The van der Waals surface area contributed by atoms with Crippen LogP contribution in [0.2, 0.25) is 0 Å². The first-order valence-electron chi connectivity index (χ1n) is 10.3. The number of aromatic nitrogens is 1. The molecule has 0 spiro atoms. The summed E-state index contributed by atoms with van der Waals surface area (Å²) in [4.78, 5) is 18.2. The van der Waals surface area contributed by atoms with E-state index in [0.717, 1.165) is 24.2 Å². The van der Waals surface area contributed by atoms with Gasteiger partial charge in [0.05, 0.1) is 11.9 Å².